The van der Waals surface area contributed by atoms with Crippen LogP contribution >= 0.6 is 0 Å². The van der Waals surface area contributed by atoms with Crippen LogP contribution in [-0.2, 0) is 21.2 Å². The molecule has 0 radical (unpaired) electrons. The van der Waals surface area contributed by atoms with Crippen molar-refractivity contribution in [3.05, 3.63) is 59.7 Å². The van der Waals surface area contributed by atoms with E-state index < -0.39 is 10.0 Å². The van der Waals surface area contributed by atoms with Gasteiger partial charge < -0.3 is 10.1 Å². The smallest absolute Gasteiger partial charge is 0.240 e. The minimum atomic E-state index is -3.61. The molecule has 0 spiro atoms. The van der Waals surface area contributed by atoms with Gasteiger partial charge in [0.15, 0.2) is 0 Å². The normalized spacial score (nSPS) is 11.2. The highest BCUT2D eigenvalue weighted by Gasteiger charge is 2.13. The largest absolute Gasteiger partial charge is 0.494 e. The van der Waals surface area contributed by atoms with Crippen molar-refractivity contribution in [2.45, 2.75) is 31.6 Å². The van der Waals surface area contributed by atoms with Gasteiger partial charge in [-0.3, -0.25) is 4.79 Å². The number of hydrogen-bond acceptors (Lipinski definition) is 4. The van der Waals surface area contributed by atoms with E-state index in [0.29, 0.717) is 25.2 Å². The molecule has 2 N–H and O–H groups in total. The Balaban J connectivity index is 1.71. The van der Waals surface area contributed by atoms with Gasteiger partial charge in [0.25, 0.3) is 0 Å². The highest BCUT2D eigenvalue weighted by atomic mass is 32.2. The number of hydrogen-bond donors (Lipinski definition) is 2. The van der Waals surface area contributed by atoms with Crippen LogP contribution in [0.1, 0.15) is 24.5 Å². The lowest BCUT2D eigenvalue weighted by Crippen LogP contribution is -2.34. The Bertz CT molecular complexity index is 831. The quantitative estimate of drug-likeness (QED) is 0.610. The van der Waals surface area contributed by atoms with Crippen molar-refractivity contribution in [1.82, 2.24) is 10.0 Å². The molecule has 27 heavy (non-hydrogen) atoms. The summed E-state index contributed by atoms with van der Waals surface area (Å²) in [5, 5.41) is 2.73. The first-order valence-corrected chi connectivity index (χ1v) is 10.4. The topological polar surface area (TPSA) is 84.5 Å². The highest BCUT2D eigenvalue weighted by Crippen LogP contribution is 2.15. The molecular weight excluding hydrogens is 364 g/mol. The average Bonchev–Trinajstić information content (AvgIpc) is 2.65. The molecule has 6 nitrogen and oxygen atoms in total. The molecule has 0 aromatic heterocycles. The zero-order valence-electron chi connectivity index (χ0n) is 15.7. The summed E-state index contributed by atoms with van der Waals surface area (Å²) >= 11 is 0. The summed E-state index contributed by atoms with van der Waals surface area (Å²) in [6.45, 7) is 4.77. The first-order chi connectivity index (χ1) is 12.9. The van der Waals surface area contributed by atoms with Crippen molar-refractivity contribution in [3.8, 4) is 5.75 Å². The van der Waals surface area contributed by atoms with E-state index in [1.165, 1.54) is 17.7 Å². The summed E-state index contributed by atoms with van der Waals surface area (Å²) in [6, 6.07) is 14.3. The summed E-state index contributed by atoms with van der Waals surface area (Å²) < 4.78 is 32.2. The van der Waals surface area contributed by atoms with Crippen molar-refractivity contribution in [3.63, 3.8) is 0 Å². The number of ether oxygens (including phenoxy) is 1. The fourth-order valence-corrected chi connectivity index (χ4v) is 3.49. The number of amides is 1. The Kier molecular flexibility index (Phi) is 7.82. The van der Waals surface area contributed by atoms with E-state index >= 15 is 0 Å². The van der Waals surface area contributed by atoms with Gasteiger partial charge in [-0.15, -0.1) is 0 Å². The average molecular weight is 391 g/mol. The zero-order chi connectivity index (χ0) is 19.7. The summed E-state index contributed by atoms with van der Waals surface area (Å²) in [5.74, 6) is 0.521. The van der Waals surface area contributed by atoms with Crippen LogP contribution in [0.3, 0.4) is 0 Å². The third-order valence-corrected chi connectivity index (χ3v) is 5.42. The summed E-state index contributed by atoms with van der Waals surface area (Å²) in [7, 11) is -3.61. The number of benzene rings is 2. The third-order valence-electron chi connectivity index (χ3n) is 3.95. The van der Waals surface area contributed by atoms with Crippen molar-refractivity contribution in [2.24, 2.45) is 0 Å². The van der Waals surface area contributed by atoms with Crippen LogP contribution in [0.2, 0.25) is 0 Å². The lowest BCUT2D eigenvalue weighted by atomic mass is 10.1. The standard InChI is InChI=1S/C20H26N2O4S/c1-3-26-18-9-11-19(12-10-18)27(24,25)22-15-14-21-20(23)13-8-17-6-4-16(2)5-7-17/h4-7,9-12,22H,3,8,13-15H2,1-2H3,(H,21,23). The van der Waals surface area contributed by atoms with E-state index in [1.807, 2.05) is 38.1 Å². The van der Waals surface area contributed by atoms with Gasteiger partial charge in [0, 0.05) is 19.5 Å². The van der Waals surface area contributed by atoms with E-state index in [1.54, 1.807) is 12.1 Å². The molecule has 2 aromatic carbocycles. The molecule has 1 amide bonds. The maximum absolute atomic E-state index is 12.2. The van der Waals surface area contributed by atoms with Crippen LogP contribution < -0.4 is 14.8 Å². The predicted molar refractivity (Wildman–Crippen MR) is 105 cm³/mol. The molecule has 0 saturated heterocycles. The van der Waals surface area contributed by atoms with Crippen LogP contribution in [-0.4, -0.2) is 34.0 Å². The Labute approximate surface area is 161 Å². The van der Waals surface area contributed by atoms with Gasteiger partial charge in [0.05, 0.1) is 11.5 Å². The first-order valence-electron chi connectivity index (χ1n) is 8.95. The summed E-state index contributed by atoms with van der Waals surface area (Å²) in [4.78, 5) is 12.0. The maximum atomic E-state index is 12.2. The minimum Gasteiger partial charge on any atom is -0.494 e. The molecule has 0 aliphatic rings. The van der Waals surface area contributed by atoms with Crippen LogP contribution in [0.5, 0.6) is 5.75 Å². The van der Waals surface area contributed by atoms with Gasteiger partial charge >= 0.3 is 0 Å². The number of sulfonamides is 1. The van der Waals surface area contributed by atoms with E-state index in [4.69, 9.17) is 4.74 Å². The Morgan fingerprint density at radius 2 is 1.67 bits per heavy atom. The molecule has 0 unspecified atom stereocenters. The second-order valence-corrected chi connectivity index (χ2v) is 7.90. The lowest BCUT2D eigenvalue weighted by Gasteiger charge is -2.09. The van der Waals surface area contributed by atoms with Gasteiger partial charge in [-0.1, -0.05) is 29.8 Å². The Morgan fingerprint density at radius 1 is 1.00 bits per heavy atom. The summed E-state index contributed by atoms with van der Waals surface area (Å²) in [6.07, 6.45) is 1.03. The molecule has 7 heteroatoms. The molecule has 0 aliphatic carbocycles. The first kappa shape index (κ1) is 20.9. The number of rotatable bonds is 10. The lowest BCUT2D eigenvalue weighted by molar-refractivity contribution is -0.121. The Hall–Kier alpha value is -2.38. The van der Waals surface area contributed by atoms with Gasteiger partial charge in [-0.2, -0.15) is 0 Å². The summed E-state index contributed by atoms with van der Waals surface area (Å²) in [5.41, 5.74) is 2.29. The molecule has 0 heterocycles. The molecular formula is C20H26N2O4S. The van der Waals surface area contributed by atoms with E-state index in [0.717, 1.165) is 5.56 Å². The van der Waals surface area contributed by atoms with Gasteiger partial charge in [0.1, 0.15) is 5.75 Å². The van der Waals surface area contributed by atoms with Crippen LogP contribution in [0.4, 0.5) is 0 Å². The minimum absolute atomic E-state index is 0.101. The number of aryl methyl sites for hydroxylation is 2. The van der Waals surface area contributed by atoms with E-state index in [2.05, 4.69) is 10.0 Å². The molecule has 0 fully saturated rings. The molecule has 0 atom stereocenters. The van der Waals surface area contributed by atoms with Crippen LogP contribution in [0, 0.1) is 6.92 Å². The van der Waals surface area contributed by atoms with Crippen molar-refractivity contribution in [2.75, 3.05) is 19.7 Å². The molecule has 0 bridgehead atoms. The highest BCUT2D eigenvalue weighted by molar-refractivity contribution is 7.89. The maximum Gasteiger partial charge on any atom is 0.240 e. The second kappa shape index (κ2) is 10.1. The monoisotopic (exact) mass is 390 g/mol. The van der Waals surface area contributed by atoms with Gasteiger partial charge in [0.2, 0.25) is 15.9 Å². The predicted octanol–water partition coefficient (Wildman–Crippen LogP) is 2.42. The van der Waals surface area contributed by atoms with Crippen molar-refractivity contribution in [1.29, 1.82) is 0 Å². The molecule has 146 valence electrons. The number of carbonyl (C=O) groups excluding carboxylic acids is 1. The molecule has 2 aromatic rings. The zero-order valence-corrected chi connectivity index (χ0v) is 16.5. The molecule has 0 saturated carbocycles. The van der Waals surface area contributed by atoms with Crippen LogP contribution in [0.15, 0.2) is 53.4 Å². The molecule has 0 aliphatic heterocycles. The molecule has 2 rings (SSSR count). The van der Waals surface area contributed by atoms with Gasteiger partial charge in [-0.05, 0) is 50.1 Å². The fourth-order valence-electron chi connectivity index (χ4n) is 2.45. The number of nitrogens with one attached hydrogen (secondary N) is 2. The fraction of sp³-hybridized carbons (Fsp3) is 0.350. The second-order valence-electron chi connectivity index (χ2n) is 6.14. The van der Waals surface area contributed by atoms with Crippen LogP contribution in [0.25, 0.3) is 0 Å². The van der Waals surface area contributed by atoms with Crippen molar-refractivity contribution < 1.29 is 17.9 Å². The third kappa shape index (κ3) is 7.03. The number of carbonyl (C=O) groups is 1. The van der Waals surface area contributed by atoms with E-state index in [-0.39, 0.29) is 23.9 Å². The van der Waals surface area contributed by atoms with Gasteiger partial charge in [-0.25, -0.2) is 13.1 Å². The van der Waals surface area contributed by atoms with E-state index in [9.17, 15) is 13.2 Å². The SMILES string of the molecule is CCOc1ccc(S(=O)(=O)NCCNC(=O)CCc2ccc(C)cc2)cc1. The Morgan fingerprint density at radius 3 is 2.30 bits per heavy atom. The van der Waals surface area contributed by atoms with Crippen molar-refractivity contribution >= 4 is 15.9 Å².